The minimum Gasteiger partial charge on any atom is -0.375 e. The number of thiazole rings is 1. The Kier molecular flexibility index (Phi) is 3.57. The minimum atomic E-state index is -0.231. The van der Waals surface area contributed by atoms with Crippen LogP contribution in [0.2, 0.25) is 0 Å². The quantitative estimate of drug-likeness (QED) is 0.722. The highest BCUT2D eigenvalue weighted by molar-refractivity contribution is 7.17. The monoisotopic (exact) mass is 320 g/mol. The van der Waals surface area contributed by atoms with Gasteiger partial charge in [0.2, 0.25) is 5.95 Å². The van der Waals surface area contributed by atoms with Crippen molar-refractivity contribution in [1.82, 2.24) is 19.9 Å². The summed E-state index contributed by atoms with van der Waals surface area (Å²) in [5.74, 6) is -0.0633. The maximum atomic E-state index is 12.7. The molecular weight excluding hydrogens is 304 g/mol. The largest absolute Gasteiger partial charge is 0.375 e. The molecule has 5 N–H and O–H groups in total. The van der Waals surface area contributed by atoms with Crippen molar-refractivity contribution >= 4 is 28.3 Å². The first-order valence-electron chi connectivity index (χ1n) is 6.91. The highest BCUT2D eigenvalue weighted by atomic mass is 32.1. The van der Waals surface area contributed by atoms with Crippen LogP contribution in [-0.2, 0) is 19.4 Å². The van der Waals surface area contributed by atoms with E-state index in [4.69, 9.17) is 11.5 Å². The van der Waals surface area contributed by atoms with Gasteiger partial charge in [0.25, 0.3) is 11.5 Å². The summed E-state index contributed by atoms with van der Waals surface area (Å²) >= 11 is 1.19. The van der Waals surface area contributed by atoms with Crippen molar-refractivity contribution in [1.29, 1.82) is 0 Å². The smallest absolute Gasteiger partial charge is 0.266 e. The summed E-state index contributed by atoms with van der Waals surface area (Å²) in [6, 6.07) is 0. The Labute approximate surface area is 130 Å². The molecule has 0 atom stereocenters. The van der Waals surface area contributed by atoms with Crippen LogP contribution in [0.4, 0.5) is 11.1 Å². The molecule has 2 aromatic rings. The Morgan fingerprint density at radius 1 is 1.41 bits per heavy atom. The van der Waals surface area contributed by atoms with Gasteiger partial charge in [0.15, 0.2) is 5.13 Å². The van der Waals surface area contributed by atoms with Crippen LogP contribution < -0.4 is 17.0 Å². The fourth-order valence-electron chi connectivity index (χ4n) is 2.55. The maximum absolute atomic E-state index is 12.7. The first-order chi connectivity index (χ1) is 10.5. The van der Waals surface area contributed by atoms with Crippen molar-refractivity contribution in [3.8, 4) is 0 Å². The van der Waals surface area contributed by atoms with Gasteiger partial charge in [-0.2, -0.15) is 0 Å². The van der Waals surface area contributed by atoms with Crippen LogP contribution in [0.15, 0.2) is 4.79 Å². The Morgan fingerprint density at radius 3 is 2.91 bits per heavy atom. The Morgan fingerprint density at radius 2 is 2.18 bits per heavy atom. The number of aromatic amines is 1. The van der Waals surface area contributed by atoms with E-state index >= 15 is 0 Å². The summed E-state index contributed by atoms with van der Waals surface area (Å²) in [5, 5.41) is 0.386. The molecule has 1 amide bonds. The molecule has 116 valence electrons. The lowest BCUT2D eigenvalue weighted by Gasteiger charge is -2.27. The van der Waals surface area contributed by atoms with Crippen molar-refractivity contribution in [2.24, 2.45) is 0 Å². The number of fused-ring (bicyclic) bond motifs is 1. The molecule has 0 saturated carbocycles. The molecule has 0 aliphatic carbocycles. The second-order valence-corrected chi connectivity index (χ2v) is 6.07. The second-order valence-electron chi connectivity index (χ2n) is 5.03. The van der Waals surface area contributed by atoms with Crippen LogP contribution in [-0.4, -0.2) is 32.3 Å². The van der Waals surface area contributed by atoms with Gasteiger partial charge in [-0.1, -0.05) is 18.3 Å². The van der Waals surface area contributed by atoms with E-state index in [-0.39, 0.29) is 24.0 Å². The van der Waals surface area contributed by atoms with Crippen molar-refractivity contribution in [2.45, 2.75) is 26.3 Å². The zero-order chi connectivity index (χ0) is 15.9. The summed E-state index contributed by atoms with van der Waals surface area (Å²) in [6.45, 7) is 2.66. The number of amides is 1. The molecule has 2 aromatic heterocycles. The molecule has 0 fully saturated rings. The van der Waals surface area contributed by atoms with Gasteiger partial charge < -0.3 is 16.4 Å². The Hall–Kier alpha value is -2.42. The van der Waals surface area contributed by atoms with Gasteiger partial charge in [0, 0.05) is 12.1 Å². The van der Waals surface area contributed by atoms with Crippen LogP contribution >= 0.6 is 11.3 Å². The number of anilines is 2. The lowest BCUT2D eigenvalue weighted by Crippen LogP contribution is -2.39. The van der Waals surface area contributed by atoms with Crippen molar-refractivity contribution in [3.63, 3.8) is 0 Å². The van der Waals surface area contributed by atoms with Gasteiger partial charge in [-0.25, -0.2) is 9.97 Å². The van der Waals surface area contributed by atoms with Gasteiger partial charge in [-0.3, -0.25) is 14.6 Å². The predicted molar refractivity (Wildman–Crippen MR) is 83.6 cm³/mol. The third kappa shape index (κ3) is 2.43. The number of carbonyl (C=O) groups excluding carboxylic acids is 1. The van der Waals surface area contributed by atoms with Crippen LogP contribution in [0.1, 0.15) is 33.5 Å². The van der Waals surface area contributed by atoms with Crippen molar-refractivity contribution in [3.05, 3.63) is 32.2 Å². The van der Waals surface area contributed by atoms with E-state index in [1.54, 1.807) is 4.90 Å². The summed E-state index contributed by atoms with van der Waals surface area (Å²) in [6.07, 6.45) is 1.10. The Balaban J connectivity index is 1.91. The van der Waals surface area contributed by atoms with Gasteiger partial charge in [0.1, 0.15) is 4.88 Å². The molecule has 0 saturated heterocycles. The number of hydrogen-bond acceptors (Lipinski definition) is 7. The number of aryl methyl sites for hydroxylation is 1. The van der Waals surface area contributed by atoms with E-state index in [2.05, 4.69) is 15.0 Å². The molecule has 0 aromatic carbocycles. The maximum Gasteiger partial charge on any atom is 0.266 e. The van der Waals surface area contributed by atoms with Crippen LogP contribution in [0, 0.1) is 0 Å². The first kappa shape index (κ1) is 14.5. The normalized spacial score (nSPS) is 14.0. The minimum absolute atomic E-state index is 0.0642. The lowest BCUT2D eigenvalue weighted by molar-refractivity contribution is 0.0735. The number of nitrogens with two attached hydrogens (primary N) is 2. The third-order valence-electron chi connectivity index (χ3n) is 3.62. The van der Waals surface area contributed by atoms with Gasteiger partial charge in [-0.15, -0.1) is 0 Å². The topological polar surface area (TPSA) is 131 Å². The molecule has 1 aliphatic rings. The van der Waals surface area contributed by atoms with Crippen molar-refractivity contribution < 1.29 is 4.79 Å². The number of aromatic nitrogens is 3. The average Bonchev–Trinajstić information content (AvgIpc) is 2.86. The van der Waals surface area contributed by atoms with E-state index in [0.717, 1.165) is 0 Å². The highest BCUT2D eigenvalue weighted by Gasteiger charge is 2.27. The molecule has 0 radical (unpaired) electrons. The molecule has 1 aliphatic heterocycles. The van der Waals surface area contributed by atoms with E-state index in [0.29, 0.717) is 46.3 Å². The van der Waals surface area contributed by atoms with Gasteiger partial charge in [-0.05, 0) is 12.8 Å². The van der Waals surface area contributed by atoms with Crippen LogP contribution in [0.3, 0.4) is 0 Å². The zero-order valence-corrected chi connectivity index (χ0v) is 12.9. The molecule has 0 spiro atoms. The van der Waals surface area contributed by atoms with Crippen LogP contribution in [0.5, 0.6) is 0 Å². The fourth-order valence-corrected chi connectivity index (χ4v) is 3.44. The number of nitrogens with zero attached hydrogens (tertiary/aromatic N) is 3. The molecule has 3 rings (SSSR count). The molecule has 0 bridgehead atoms. The number of rotatable bonds is 2. The predicted octanol–water partition coefficient (Wildman–Crippen LogP) is 0.152. The SMILES string of the molecule is CCc1nc(N)sc1C(=O)N1CCc2c(nc(N)[nH]c2=O)C1. The summed E-state index contributed by atoms with van der Waals surface area (Å²) in [4.78, 5) is 37.5. The van der Waals surface area contributed by atoms with Gasteiger partial charge >= 0.3 is 0 Å². The molecule has 9 heteroatoms. The van der Waals surface area contributed by atoms with E-state index in [1.165, 1.54) is 11.3 Å². The molecular formula is C13H16N6O2S. The van der Waals surface area contributed by atoms with Crippen LogP contribution in [0.25, 0.3) is 0 Å². The van der Waals surface area contributed by atoms with E-state index < -0.39 is 0 Å². The number of hydrogen-bond donors (Lipinski definition) is 3. The Bertz CT molecular complexity index is 796. The summed E-state index contributed by atoms with van der Waals surface area (Å²) in [7, 11) is 0. The average molecular weight is 320 g/mol. The standard InChI is InChI=1S/C13H16N6O2S/c1-2-7-9(22-13(15)17-7)11(21)19-4-3-6-8(5-19)16-12(14)18-10(6)20/h2-5H2,1H3,(H2,15,17)(H3,14,16,18,20). The molecule has 0 unspecified atom stereocenters. The number of nitrogens with one attached hydrogen (secondary N) is 1. The van der Waals surface area contributed by atoms with Gasteiger partial charge in [0.05, 0.1) is 17.9 Å². The number of nitrogen functional groups attached to an aromatic ring is 2. The highest BCUT2D eigenvalue weighted by Crippen LogP contribution is 2.25. The lowest BCUT2D eigenvalue weighted by atomic mass is 10.1. The fraction of sp³-hybridized carbons (Fsp3) is 0.385. The summed E-state index contributed by atoms with van der Waals surface area (Å²) in [5.41, 5.74) is 12.9. The first-order valence-corrected chi connectivity index (χ1v) is 7.73. The summed E-state index contributed by atoms with van der Waals surface area (Å²) < 4.78 is 0. The van der Waals surface area contributed by atoms with E-state index in [9.17, 15) is 9.59 Å². The molecule has 8 nitrogen and oxygen atoms in total. The molecule has 22 heavy (non-hydrogen) atoms. The number of H-pyrrole nitrogens is 1. The third-order valence-corrected chi connectivity index (χ3v) is 4.54. The molecule has 3 heterocycles. The zero-order valence-electron chi connectivity index (χ0n) is 12.0. The number of carbonyl (C=O) groups is 1. The van der Waals surface area contributed by atoms with E-state index in [1.807, 2.05) is 6.92 Å². The van der Waals surface area contributed by atoms with Crippen molar-refractivity contribution in [2.75, 3.05) is 18.0 Å². The second kappa shape index (κ2) is 5.41.